The molecule has 1 aliphatic rings. The van der Waals surface area contributed by atoms with Gasteiger partial charge in [-0.3, -0.25) is 4.40 Å². The lowest BCUT2D eigenvalue weighted by Gasteiger charge is -2.22. The van der Waals surface area contributed by atoms with Crippen LogP contribution in [0.15, 0.2) is 24.4 Å². The first-order chi connectivity index (χ1) is 9.59. The number of imidazole rings is 1. The average molecular weight is 291 g/mol. The van der Waals surface area contributed by atoms with Crippen LogP contribution in [-0.2, 0) is 0 Å². The average Bonchev–Trinajstić information content (AvgIpc) is 3.00. The third-order valence-electron chi connectivity index (χ3n) is 3.66. The van der Waals surface area contributed by atoms with Crippen LogP contribution in [0.2, 0.25) is 0 Å². The maximum Gasteiger partial charge on any atom is 0.356 e. The van der Waals surface area contributed by atoms with Crippen molar-refractivity contribution in [3.8, 4) is 0 Å². The van der Waals surface area contributed by atoms with Crippen LogP contribution in [-0.4, -0.2) is 37.5 Å². The molecule has 5 nitrogen and oxygen atoms in total. The summed E-state index contributed by atoms with van der Waals surface area (Å²) in [6.45, 7) is 2.95. The Labute approximate surface area is 121 Å². The molecule has 106 valence electrons. The molecule has 0 spiro atoms. The summed E-state index contributed by atoms with van der Waals surface area (Å²) < 4.78 is 1.78. The minimum atomic E-state index is -0.963. The number of pyridine rings is 1. The van der Waals surface area contributed by atoms with Crippen molar-refractivity contribution in [2.75, 3.05) is 17.6 Å². The molecule has 0 aliphatic carbocycles. The molecule has 0 aromatic carbocycles. The number of carbonyl (C=O) groups is 1. The number of aromatic carboxylic acids is 1. The highest BCUT2D eigenvalue weighted by molar-refractivity contribution is 8.00. The molecule has 20 heavy (non-hydrogen) atoms. The number of nitrogens with zero attached hydrogens (tertiary/aromatic N) is 2. The molecule has 2 N–H and O–H groups in total. The van der Waals surface area contributed by atoms with E-state index in [9.17, 15) is 9.90 Å². The van der Waals surface area contributed by atoms with Crippen LogP contribution in [0.3, 0.4) is 0 Å². The summed E-state index contributed by atoms with van der Waals surface area (Å²) >= 11 is 1.94. The maximum atomic E-state index is 11.5. The SMILES string of the molecule is CC1(CNc2nc3ccccn3c2C(=O)O)CCCS1. The molecular formula is C14H17N3O2S. The van der Waals surface area contributed by atoms with Crippen molar-refractivity contribution in [2.45, 2.75) is 24.5 Å². The normalized spacial score (nSPS) is 22.2. The molecule has 2 aromatic rings. The van der Waals surface area contributed by atoms with Crippen LogP contribution in [0.25, 0.3) is 5.65 Å². The van der Waals surface area contributed by atoms with E-state index in [1.165, 1.54) is 12.2 Å². The maximum absolute atomic E-state index is 11.5. The Kier molecular flexibility index (Phi) is 3.33. The van der Waals surface area contributed by atoms with E-state index in [1.807, 2.05) is 23.9 Å². The molecule has 6 heteroatoms. The number of anilines is 1. The van der Waals surface area contributed by atoms with E-state index >= 15 is 0 Å². The highest BCUT2D eigenvalue weighted by atomic mass is 32.2. The highest BCUT2D eigenvalue weighted by Crippen LogP contribution is 2.37. The van der Waals surface area contributed by atoms with E-state index in [-0.39, 0.29) is 10.4 Å². The second-order valence-electron chi connectivity index (χ2n) is 5.30. The summed E-state index contributed by atoms with van der Waals surface area (Å²) in [6, 6.07) is 5.47. The van der Waals surface area contributed by atoms with Crippen molar-refractivity contribution in [3.05, 3.63) is 30.1 Å². The third-order valence-corrected chi connectivity index (χ3v) is 5.20. The zero-order chi connectivity index (χ0) is 14.2. The Hall–Kier alpha value is -1.69. The lowest BCUT2D eigenvalue weighted by atomic mass is 10.1. The van der Waals surface area contributed by atoms with Gasteiger partial charge in [0.25, 0.3) is 0 Å². The standard InChI is InChI=1S/C14H17N3O2S/c1-14(6-4-8-20-14)9-15-12-11(13(18)19)17-7-3-2-5-10(17)16-12/h2-3,5,7,15H,4,6,8-9H2,1H3,(H,18,19). The Morgan fingerprint density at radius 3 is 3.15 bits per heavy atom. The predicted octanol–water partition coefficient (Wildman–Crippen LogP) is 2.73. The van der Waals surface area contributed by atoms with Gasteiger partial charge in [-0.15, -0.1) is 0 Å². The number of aromatic nitrogens is 2. The number of hydrogen-bond acceptors (Lipinski definition) is 4. The molecule has 3 heterocycles. The van der Waals surface area contributed by atoms with Crippen LogP contribution in [0.5, 0.6) is 0 Å². The van der Waals surface area contributed by atoms with Gasteiger partial charge >= 0.3 is 5.97 Å². The molecule has 1 fully saturated rings. The van der Waals surface area contributed by atoms with Gasteiger partial charge in [0.1, 0.15) is 5.65 Å². The summed E-state index contributed by atoms with van der Waals surface area (Å²) in [6.07, 6.45) is 4.10. The van der Waals surface area contributed by atoms with Gasteiger partial charge in [-0.25, -0.2) is 9.78 Å². The van der Waals surface area contributed by atoms with Crippen LogP contribution in [0, 0.1) is 0 Å². The molecule has 0 saturated carbocycles. The third kappa shape index (κ3) is 2.35. The molecule has 0 amide bonds. The molecule has 0 radical (unpaired) electrons. The van der Waals surface area contributed by atoms with Crippen molar-refractivity contribution < 1.29 is 9.90 Å². The quantitative estimate of drug-likeness (QED) is 0.906. The van der Waals surface area contributed by atoms with Gasteiger partial charge in [0, 0.05) is 17.5 Å². The van der Waals surface area contributed by atoms with Crippen LogP contribution in [0.1, 0.15) is 30.3 Å². The summed E-state index contributed by atoms with van der Waals surface area (Å²) in [5.74, 6) is 0.669. The molecule has 1 unspecified atom stereocenters. The molecule has 1 atom stereocenters. The Morgan fingerprint density at radius 1 is 1.60 bits per heavy atom. The number of thioether (sulfide) groups is 1. The zero-order valence-corrected chi connectivity index (χ0v) is 12.1. The summed E-state index contributed by atoms with van der Waals surface area (Å²) in [4.78, 5) is 15.9. The number of rotatable bonds is 4. The number of hydrogen-bond donors (Lipinski definition) is 2. The summed E-state index contributed by atoms with van der Waals surface area (Å²) in [5.41, 5.74) is 0.851. The van der Waals surface area contributed by atoms with Crippen LogP contribution >= 0.6 is 11.8 Å². The monoisotopic (exact) mass is 291 g/mol. The Balaban J connectivity index is 1.90. The topological polar surface area (TPSA) is 66.6 Å². The second-order valence-corrected chi connectivity index (χ2v) is 6.98. The molecular weight excluding hydrogens is 274 g/mol. The largest absolute Gasteiger partial charge is 0.476 e. The molecule has 3 rings (SSSR count). The Morgan fingerprint density at radius 2 is 2.45 bits per heavy atom. The van der Waals surface area contributed by atoms with Crippen LogP contribution in [0.4, 0.5) is 5.82 Å². The van der Waals surface area contributed by atoms with Crippen molar-refractivity contribution >= 4 is 29.2 Å². The van der Waals surface area contributed by atoms with Crippen molar-refractivity contribution in [1.29, 1.82) is 0 Å². The van der Waals surface area contributed by atoms with Crippen molar-refractivity contribution in [3.63, 3.8) is 0 Å². The lowest BCUT2D eigenvalue weighted by Crippen LogP contribution is -2.27. The summed E-state index contributed by atoms with van der Waals surface area (Å²) in [7, 11) is 0. The van der Waals surface area contributed by atoms with Crippen molar-refractivity contribution in [1.82, 2.24) is 9.38 Å². The van der Waals surface area contributed by atoms with E-state index in [0.717, 1.165) is 13.0 Å². The molecule has 0 bridgehead atoms. The van der Waals surface area contributed by atoms with Gasteiger partial charge in [0.2, 0.25) is 0 Å². The number of carboxylic acids is 1. The first kappa shape index (κ1) is 13.3. The van der Waals surface area contributed by atoms with Gasteiger partial charge in [0.05, 0.1) is 0 Å². The second kappa shape index (κ2) is 5.01. The molecule has 2 aromatic heterocycles. The summed E-state index contributed by atoms with van der Waals surface area (Å²) in [5, 5.41) is 12.6. The number of nitrogens with one attached hydrogen (secondary N) is 1. The fraction of sp³-hybridized carbons (Fsp3) is 0.429. The van der Waals surface area contributed by atoms with Crippen LogP contribution < -0.4 is 5.32 Å². The van der Waals surface area contributed by atoms with E-state index in [0.29, 0.717) is 11.5 Å². The molecule has 1 saturated heterocycles. The molecule has 1 aliphatic heterocycles. The van der Waals surface area contributed by atoms with E-state index in [1.54, 1.807) is 16.7 Å². The van der Waals surface area contributed by atoms with Gasteiger partial charge in [-0.05, 0) is 37.7 Å². The van der Waals surface area contributed by atoms with E-state index in [4.69, 9.17) is 0 Å². The predicted molar refractivity (Wildman–Crippen MR) is 80.7 cm³/mol. The fourth-order valence-corrected chi connectivity index (χ4v) is 3.81. The fourth-order valence-electron chi connectivity index (χ4n) is 2.57. The van der Waals surface area contributed by atoms with Gasteiger partial charge < -0.3 is 10.4 Å². The van der Waals surface area contributed by atoms with E-state index in [2.05, 4.69) is 17.2 Å². The smallest absolute Gasteiger partial charge is 0.356 e. The van der Waals surface area contributed by atoms with Gasteiger partial charge in [-0.2, -0.15) is 11.8 Å². The number of carboxylic acid groups (broad SMARTS) is 1. The van der Waals surface area contributed by atoms with Crippen molar-refractivity contribution in [2.24, 2.45) is 0 Å². The first-order valence-electron chi connectivity index (χ1n) is 6.67. The Bertz CT molecular complexity index is 647. The zero-order valence-electron chi connectivity index (χ0n) is 11.3. The van der Waals surface area contributed by atoms with Gasteiger partial charge in [0.15, 0.2) is 11.5 Å². The minimum absolute atomic E-state index is 0.172. The first-order valence-corrected chi connectivity index (χ1v) is 7.66. The minimum Gasteiger partial charge on any atom is -0.476 e. The van der Waals surface area contributed by atoms with Gasteiger partial charge in [-0.1, -0.05) is 6.07 Å². The highest BCUT2D eigenvalue weighted by Gasteiger charge is 2.30. The number of fused-ring (bicyclic) bond motifs is 1. The lowest BCUT2D eigenvalue weighted by molar-refractivity contribution is 0.0690. The van der Waals surface area contributed by atoms with E-state index < -0.39 is 5.97 Å².